The van der Waals surface area contributed by atoms with E-state index in [1.807, 2.05) is 37.8 Å². The minimum absolute atomic E-state index is 0.0317. The number of rotatable bonds is 22. The van der Waals surface area contributed by atoms with Crippen molar-refractivity contribution >= 4 is 51.5 Å². The molecule has 446 valence electrons. The van der Waals surface area contributed by atoms with Gasteiger partial charge in [0.15, 0.2) is 5.82 Å². The summed E-state index contributed by atoms with van der Waals surface area (Å²) < 4.78 is 54.3. The molecular weight excluding hydrogens is 1090 g/mol. The summed E-state index contributed by atoms with van der Waals surface area (Å²) in [6, 6.07) is 12.8. The van der Waals surface area contributed by atoms with E-state index in [1.165, 1.54) is 0 Å². The molecule has 5 amide bonds. The number of aromatic amines is 1. The monoisotopic (exact) mass is 1160 g/mol. The molecule has 4 aromatic heterocycles. The minimum Gasteiger partial charge on any atom is -0.487 e. The number of anilines is 1. The third kappa shape index (κ3) is 16.0. The number of guanidine groups is 1. The van der Waals surface area contributed by atoms with Crippen molar-refractivity contribution in [3.05, 3.63) is 94.6 Å². The molecule has 0 bridgehead atoms. The molecule has 2 atom stereocenters. The number of aliphatic imine (C=N–C) groups is 1. The number of carbonyl (C=O) groups excluding carboxylic acids is 5. The van der Waals surface area contributed by atoms with Crippen LogP contribution in [0.5, 0.6) is 5.75 Å². The zero-order valence-electron chi connectivity index (χ0n) is 48.4. The van der Waals surface area contributed by atoms with Gasteiger partial charge in [0, 0.05) is 75.1 Å². The molecule has 0 saturated carbocycles. The van der Waals surface area contributed by atoms with Crippen LogP contribution in [0.25, 0.3) is 17.2 Å². The molecule has 1 aromatic carbocycles. The Morgan fingerprint density at radius 3 is 2.40 bits per heavy atom. The molecule has 5 aromatic rings. The van der Waals surface area contributed by atoms with Crippen molar-refractivity contribution in [2.24, 2.45) is 10.7 Å². The van der Waals surface area contributed by atoms with Crippen molar-refractivity contribution in [2.45, 2.75) is 134 Å². The van der Waals surface area contributed by atoms with Crippen LogP contribution in [0.3, 0.4) is 0 Å². The first-order valence-corrected chi connectivity index (χ1v) is 29.4. The number of likely N-dealkylation sites (tertiary alicyclic amines) is 2. The molecule has 2 fully saturated rings. The van der Waals surface area contributed by atoms with Gasteiger partial charge in [0.25, 0.3) is 15.9 Å². The van der Waals surface area contributed by atoms with Gasteiger partial charge in [-0.3, -0.25) is 29.3 Å². The number of H-pyrrole nitrogens is 1. The summed E-state index contributed by atoms with van der Waals surface area (Å²) >= 11 is 0. The van der Waals surface area contributed by atoms with Gasteiger partial charge in [-0.05, 0) is 135 Å². The fraction of sp³-hybridized carbons (Fsp3) is 0.509. The number of amides is 5. The zero-order valence-corrected chi connectivity index (χ0v) is 49.2. The lowest BCUT2D eigenvalue weighted by molar-refractivity contribution is -0.136. The molecule has 0 spiro atoms. The van der Waals surface area contributed by atoms with E-state index in [1.54, 1.807) is 93.0 Å². The molecule has 25 nitrogen and oxygen atoms in total. The summed E-state index contributed by atoms with van der Waals surface area (Å²) in [6.45, 7) is 16.3. The summed E-state index contributed by atoms with van der Waals surface area (Å²) in [4.78, 5) is 83.1. The Balaban J connectivity index is 0.732. The largest absolute Gasteiger partial charge is 0.487 e. The van der Waals surface area contributed by atoms with Gasteiger partial charge in [-0.15, -0.1) is 0 Å². The molecule has 8 rings (SSSR count). The maximum absolute atomic E-state index is 13.7. The highest BCUT2D eigenvalue weighted by molar-refractivity contribution is 7.90. The van der Waals surface area contributed by atoms with Crippen LogP contribution in [-0.4, -0.2) is 166 Å². The lowest BCUT2D eigenvalue weighted by Crippen LogP contribution is -2.51. The number of ether oxygens (including phenoxy) is 4. The molecule has 3 aliphatic heterocycles. The van der Waals surface area contributed by atoms with Crippen LogP contribution in [-0.2, 0) is 45.0 Å². The normalized spacial score (nSPS) is 16.7. The van der Waals surface area contributed by atoms with Crippen LogP contribution in [0.2, 0.25) is 0 Å². The number of alkyl carbamates (subject to hydrolysis) is 1. The van der Waals surface area contributed by atoms with E-state index >= 15 is 0 Å². The maximum Gasteiger partial charge on any atom is 0.408 e. The first kappa shape index (κ1) is 61.1. The Morgan fingerprint density at radius 2 is 1.67 bits per heavy atom. The number of pyridine rings is 2. The number of hydrogen-bond donors (Lipinski definition) is 6. The van der Waals surface area contributed by atoms with Crippen LogP contribution < -0.4 is 31.1 Å². The van der Waals surface area contributed by atoms with E-state index in [0.717, 1.165) is 16.8 Å². The Bertz CT molecular complexity index is 3280. The van der Waals surface area contributed by atoms with Gasteiger partial charge in [0.05, 0.1) is 48.2 Å². The second-order valence-electron chi connectivity index (χ2n) is 22.6. The molecule has 26 heteroatoms. The average molecular weight is 1170 g/mol. The van der Waals surface area contributed by atoms with Crippen molar-refractivity contribution in [1.29, 1.82) is 0 Å². The predicted octanol–water partition coefficient (Wildman–Crippen LogP) is 4.76. The van der Waals surface area contributed by atoms with E-state index in [0.29, 0.717) is 85.2 Å². The SMILES string of the molecule is Cc1c(C)c(S(=O)(=O)NC(N)=NCCC[C@H](NC(=O)OC(C)(C)C)C(=O)N[C@@H]2CCN(C(=O)COCCOCCC(=O)N3CCC(c4cc(NC(=O)c5cccc(-c6ccn[nH]6)n5)n(-c5ccccn5)n4)CC3)C2)c(C)c2c1OC(C)(C)C2. The summed E-state index contributed by atoms with van der Waals surface area (Å²) in [5.74, 6) is 0.186. The second-order valence-corrected chi connectivity index (χ2v) is 24.2. The van der Waals surface area contributed by atoms with Gasteiger partial charge in [0.2, 0.25) is 23.7 Å². The van der Waals surface area contributed by atoms with E-state index in [4.69, 9.17) is 29.8 Å². The van der Waals surface area contributed by atoms with Crippen molar-refractivity contribution < 1.29 is 51.3 Å². The summed E-state index contributed by atoms with van der Waals surface area (Å²) in [5, 5.41) is 20.3. The van der Waals surface area contributed by atoms with Crippen molar-refractivity contribution in [1.82, 2.24) is 55.1 Å². The third-order valence-corrected chi connectivity index (χ3v) is 16.2. The maximum atomic E-state index is 13.7. The number of hydrogen-bond acceptors (Lipinski definition) is 16. The van der Waals surface area contributed by atoms with Gasteiger partial charge in [0.1, 0.15) is 41.1 Å². The standard InChI is InChI=1S/C57H76N14O11S/c1-35-36(2)51(37(3)40-32-57(7,8)81-50(35)40)83(77,78)68-54(58)60-23-12-15-44(64-55(76)82-56(4,5)6)52(74)62-39-20-27-70(33-39)49(73)34-80-30-29-79-28-21-48(72)69-25-18-38(19-26-69)45-31-47(71(67-45)46-16-9-10-22-59-46)65-53(75)43-14-11-13-41(63-43)42-17-24-61-66-42/h9-11,13-14,16-17,22,24,31,38-39,44H,12,15,18-21,23,25-30,32-34H2,1-8H3,(H,61,66)(H,62,74)(H,64,76)(H,65,75)(H3,58,60,68)/t39-,44+/m1/s1. The molecule has 2 saturated heterocycles. The van der Waals surface area contributed by atoms with Gasteiger partial charge in [-0.2, -0.15) is 14.9 Å². The number of sulfonamides is 1. The lowest BCUT2D eigenvalue weighted by atomic mass is 9.93. The van der Waals surface area contributed by atoms with E-state index in [9.17, 15) is 32.4 Å². The predicted molar refractivity (Wildman–Crippen MR) is 307 cm³/mol. The molecule has 7 heterocycles. The molecule has 0 radical (unpaired) electrons. The molecule has 83 heavy (non-hydrogen) atoms. The number of nitrogens with two attached hydrogens (primary N) is 1. The Labute approximate surface area is 483 Å². The van der Waals surface area contributed by atoms with Crippen molar-refractivity contribution in [3.8, 4) is 23.0 Å². The fourth-order valence-corrected chi connectivity index (χ4v) is 11.9. The highest BCUT2D eigenvalue weighted by Crippen LogP contribution is 2.44. The van der Waals surface area contributed by atoms with Crippen molar-refractivity contribution in [3.63, 3.8) is 0 Å². The Morgan fingerprint density at radius 1 is 0.916 bits per heavy atom. The number of aromatic nitrogens is 6. The quantitative estimate of drug-likeness (QED) is 0.0309. The summed E-state index contributed by atoms with van der Waals surface area (Å²) in [7, 11) is -4.13. The van der Waals surface area contributed by atoms with Gasteiger partial charge < -0.3 is 50.4 Å². The summed E-state index contributed by atoms with van der Waals surface area (Å²) in [6.07, 6.45) is 5.37. The van der Waals surface area contributed by atoms with Gasteiger partial charge in [-0.1, -0.05) is 12.1 Å². The molecule has 0 aliphatic carbocycles. The van der Waals surface area contributed by atoms with Crippen LogP contribution in [0.1, 0.15) is 117 Å². The Hall–Kier alpha value is -7.97. The number of fused-ring (bicyclic) bond motifs is 1. The number of nitrogens with zero attached hydrogens (tertiary/aromatic N) is 8. The number of nitrogens with one attached hydrogen (secondary N) is 5. The van der Waals surface area contributed by atoms with Crippen molar-refractivity contribution in [2.75, 3.05) is 64.5 Å². The number of piperidine rings is 1. The van der Waals surface area contributed by atoms with Gasteiger partial charge >= 0.3 is 6.09 Å². The molecule has 3 aliphatic rings. The fourth-order valence-electron chi connectivity index (χ4n) is 10.3. The van der Waals surface area contributed by atoms with Crippen LogP contribution in [0.15, 0.2) is 70.8 Å². The van der Waals surface area contributed by atoms with Crippen LogP contribution >= 0.6 is 0 Å². The first-order chi connectivity index (χ1) is 39.4. The molecular formula is C57H76N14O11S. The van der Waals surface area contributed by atoms with Crippen LogP contribution in [0.4, 0.5) is 10.6 Å². The lowest BCUT2D eigenvalue weighted by Gasteiger charge is -2.31. The minimum atomic E-state index is -4.13. The van der Waals surface area contributed by atoms with Gasteiger partial charge in [-0.25, -0.2) is 27.9 Å². The first-order valence-electron chi connectivity index (χ1n) is 27.9. The van der Waals surface area contributed by atoms with E-state index in [-0.39, 0.29) is 93.1 Å². The third-order valence-electron chi connectivity index (χ3n) is 14.5. The highest BCUT2D eigenvalue weighted by atomic mass is 32.2. The molecule has 7 N–H and O–H groups in total. The number of benzene rings is 1. The van der Waals surface area contributed by atoms with Crippen LogP contribution in [0, 0.1) is 20.8 Å². The smallest absolute Gasteiger partial charge is 0.408 e. The van der Waals surface area contributed by atoms with E-state index < -0.39 is 51.2 Å². The molecule has 0 unspecified atom stereocenters. The average Bonchev–Trinajstić information content (AvgIpc) is 2.65. The highest BCUT2D eigenvalue weighted by Gasteiger charge is 2.37. The Kier molecular flexibility index (Phi) is 19.5. The zero-order chi connectivity index (χ0) is 59.6. The topological polar surface area (TPSA) is 322 Å². The van der Waals surface area contributed by atoms with E-state index in [2.05, 4.69) is 45.8 Å². The summed E-state index contributed by atoms with van der Waals surface area (Å²) in [5.41, 5.74) is 9.77. The second kappa shape index (κ2) is 26.5. The number of carbonyl (C=O) groups is 5.